The molecule has 1 amide bonds. The summed E-state index contributed by atoms with van der Waals surface area (Å²) in [6.07, 6.45) is 47.9. The second-order valence-electron chi connectivity index (χ2n) is 20.7. The average molecular weight is 995 g/mol. The molecule has 0 spiro atoms. The first-order valence-electron chi connectivity index (χ1n) is 29.4. The number of aliphatic hydroxyl groups is 7. The van der Waals surface area contributed by atoms with E-state index in [0.29, 0.717) is 19.3 Å². The molecule has 70 heavy (non-hydrogen) atoms. The minimum absolute atomic E-state index is 0.243. The molecule has 0 radical (unpaired) electrons. The van der Waals surface area contributed by atoms with Crippen molar-refractivity contribution in [3.8, 4) is 0 Å². The summed E-state index contributed by atoms with van der Waals surface area (Å²) in [5.41, 5.74) is 0. The average Bonchev–Trinajstić information content (AvgIpc) is 3.36. The molecule has 1 aliphatic rings. The number of carbonyl (C=O) groups is 1. The molecule has 9 atom stereocenters. The summed E-state index contributed by atoms with van der Waals surface area (Å²) in [4.78, 5) is 13.1. The number of amides is 1. The van der Waals surface area contributed by atoms with Crippen LogP contribution in [-0.4, -0.2) is 110 Å². The van der Waals surface area contributed by atoms with Gasteiger partial charge in [0.15, 0.2) is 6.29 Å². The zero-order valence-corrected chi connectivity index (χ0v) is 45.0. The van der Waals surface area contributed by atoms with E-state index in [1.807, 2.05) is 0 Å². The molecule has 1 heterocycles. The van der Waals surface area contributed by atoms with Crippen LogP contribution in [0.3, 0.4) is 0 Å². The Kier molecular flexibility index (Phi) is 45.8. The van der Waals surface area contributed by atoms with Crippen molar-refractivity contribution in [2.75, 3.05) is 13.2 Å². The number of hydrogen-bond acceptors (Lipinski definition) is 10. The van der Waals surface area contributed by atoms with Crippen LogP contribution in [0.15, 0.2) is 36.5 Å². The van der Waals surface area contributed by atoms with Gasteiger partial charge in [0.25, 0.3) is 0 Å². The van der Waals surface area contributed by atoms with E-state index in [-0.39, 0.29) is 12.8 Å². The number of ether oxygens (including phenoxy) is 2. The summed E-state index contributed by atoms with van der Waals surface area (Å²) in [6, 6.07) is -1.19. The van der Waals surface area contributed by atoms with Crippen molar-refractivity contribution >= 4 is 5.91 Å². The summed E-state index contributed by atoms with van der Waals surface area (Å²) in [5, 5.41) is 76.0. The molecular weight excluding hydrogens is 883 g/mol. The van der Waals surface area contributed by atoms with Crippen LogP contribution in [0.25, 0.3) is 0 Å². The van der Waals surface area contributed by atoms with Crippen LogP contribution in [0.2, 0.25) is 0 Å². The Balaban J connectivity index is 2.29. The molecule has 8 N–H and O–H groups in total. The van der Waals surface area contributed by atoms with Gasteiger partial charge < -0.3 is 50.5 Å². The van der Waals surface area contributed by atoms with Gasteiger partial charge in [0.1, 0.15) is 36.6 Å². The normalized spacial score (nSPS) is 20.5. The zero-order valence-electron chi connectivity index (χ0n) is 45.0. The number of allylic oxidation sites excluding steroid dienone is 6. The van der Waals surface area contributed by atoms with E-state index in [0.717, 1.165) is 64.2 Å². The summed E-state index contributed by atoms with van der Waals surface area (Å²) >= 11 is 0. The highest BCUT2D eigenvalue weighted by atomic mass is 16.7. The van der Waals surface area contributed by atoms with E-state index in [1.54, 1.807) is 0 Å². The Morgan fingerprint density at radius 1 is 0.486 bits per heavy atom. The van der Waals surface area contributed by atoms with Crippen molar-refractivity contribution in [2.45, 2.75) is 319 Å². The Hall–Kier alpha value is -1.67. The smallest absolute Gasteiger partial charge is 0.249 e. The highest BCUT2D eigenvalue weighted by Crippen LogP contribution is 2.23. The summed E-state index contributed by atoms with van der Waals surface area (Å²) in [7, 11) is 0. The fourth-order valence-electron chi connectivity index (χ4n) is 9.34. The van der Waals surface area contributed by atoms with Crippen LogP contribution in [0, 0.1) is 0 Å². The number of rotatable bonds is 50. The Bertz CT molecular complexity index is 1230. The van der Waals surface area contributed by atoms with Crippen LogP contribution in [0.1, 0.15) is 264 Å². The fourth-order valence-corrected chi connectivity index (χ4v) is 9.34. The van der Waals surface area contributed by atoms with Crippen LogP contribution in [0.5, 0.6) is 0 Å². The number of nitrogens with one attached hydrogen (secondary N) is 1. The lowest BCUT2D eigenvalue weighted by atomic mass is 9.98. The minimum atomic E-state index is -1.67. The highest BCUT2D eigenvalue weighted by molar-refractivity contribution is 5.80. The van der Waals surface area contributed by atoms with Gasteiger partial charge in [-0.2, -0.15) is 0 Å². The SMILES string of the molecule is CCCCCC/C=C\CCCCCCCCC(O)C(=O)NC(COC1OC(CO)C(O)C(O)C1O)C(O)C(O)CCC/C=C/CC/C=C/CCCCCCCCCCCCCCCCCCCCCC. The van der Waals surface area contributed by atoms with Crippen LogP contribution in [0.4, 0.5) is 0 Å². The monoisotopic (exact) mass is 994 g/mol. The highest BCUT2D eigenvalue weighted by Gasteiger charge is 2.44. The maximum Gasteiger partial charge on any atom is 0.249 e. The van der Waals surface area contributed by atoms with Gasteiger partial charge in [-0.25, -0.2) is 0 Å². The third-order valence-corrected chi connectivity index (χ3v) is 14.1. The maximum atomic E-state index is 13.1. The molecule has 1 fully saturated rings. The fraction of sp³-hybridized carbons (Fsp3) is 0.881. The molecule has 11 heteroatoms. The van der Waals surface area contributed by atoms with Crippen molar-refractivity contribution in [1.82, 2.24) is 5.32 Å². The molecule has 9 unspecified atom stereocenters. The number of aliphatic hydroxyl groups excluding tert-OH is 7. The Labute approximate surface area is 428 Å². The van der Waals surface area contributed by atoms with Gasteiger partial charge in [-0.1, -0.05) is 224 Å². The van der Waals surface area contributed by atoms with Crippen molar-refractivity contribution in [3.63, 3.8) is 0 Å². The van der Waals surface area contributed by atoms with Crippen molar-refractivity contribution < 1.29 is 50.0 Å². The van der Waals surface area contributed by atoms with Crippen LogP contribution in [-0.2, 0) is 14.3 Å². The van der Waals surface area contributed by atoms with Gasteiger partial charge in [0, 0.05) is 0 Å². The van der Waals surface area contributed by atoms with Gasteiger partial charge in [0.2, 0.25) is 5.91 Å². The van der Waals surface area contributed by atoms with Crippen LogP contribution >= 0.6 is 0 Å². The molecule has 1 rings (SSSR count). The standard InChI is InChI=1S/C59H111NO10/c1-3-5-7-9-11-13-15-17-19-20-21-22-23-24-25-26-27-28-29-30-31-32-33-35-36-38-40-42-44-46-51(62)54(64)50(49-69-59-57(67)56(66)55(65)53(48-61)70-59)60-58(68)52(63)47-45-43-41-39-37-34-18-16-14-12-10-8-6-4-2/h14,16,32-33,38,40,50-57,59,61-67H,3-13,15,17-31,34-37,39,41-49H2,1-2H3,(H,60,68)/b16-14-,33-32+,40-38+. The molecule has 0 aromatic heterocycles. The molecule has 1 saturated heterocycles. The van der Waals surface area contributed by atoms with Gasteiger partial charge in [-0.05, 0) is 77.0 Å². The Morgan fingerprint density at radius 2 is 0.857 bits per heavy atom. The van der Waals surface area contributed by atoms with Crippen molar-refractivity contribution in [2.24, 2.45) is 0 Å². The molecule has 0 saturated carbocycles. The van der Waals surface area contributed by atoms with Gasteiger partial charge in [0.05, 0.1) is 25.4 Å². The lowest BCUT2D eigenvalue weighted by Gasteiger charge is -2.40. The summed E-state index contributed by atoms with van der Waals surface area (Å²) in [6.45, 7) is 3.43. The van der Waals surface area contributed by atoms with Crippen LogP contribution < -0.4 is 5.32 Å². The largest absolute Gasteiger partial charge is 0.394 e. The summed E-state index contributed by atoms with van der Waals surface area (Å²) < 4.78 is 11.1. The molecule has 412 valence electrons. The van der Waals surface area contributed by atoms with E-state index >= 15 is 0 Å². The van der Waals surface area contributed by atoms with E-state index < -0.39 is 74.2 Å². The van der Waals surface area contributed by atoms with Gasteiger partial charge >= 0.3 is 0 Å². The number of hydrogen-bond donors (Lipinski definition) is 8. The summed E-state index contributed by atoms with van der Waals surface area (Å²) in [5.74, 6) is -0.715. The quantitative estimate of drug-likeness (QED) is 0.0215. The molecule has 0 aromatic rings. The Morgan fingerprint density at radius 3 is 1.29 bits per heavy atom. The van der Waals surface area contributed by atoms with E-state index in [4.69, 9.17) is 9.47 Å². The molecule has 0 aliphatic carbocycles. The number of unbranched alkanes of at least 4 members (excludes halogenated alkanes) is 32. The first-order chi connectivity index (χ1) is 34.2. The topological polar surface area (TPSA) is 189 Å². The second kappa shape index (κ2) is 48.3. The maximum absolute atomic E-state index is 13.1. The molecular formula is C59H111NO10. The first-order valence-corrected chi connectivity index (χ1v) is 29.4. The predicted molar refractivity (Wildman–Crippen MR) is 289 cm³/mol. The van der Waals surface area contributed by atoms with E-state index in [1.165, 1.54) is 154 Å². The van der Waals surface area contributed by atoms with Gasteiger partial charge in [-0.3, -0.25) is 4.79 Å². The molecule has 0 aromatic carbocycles. The second-order valence-corrected chi connectivity index (χ2v) is 20.7. The van der Waals surface area contributed by atoms with Gasteiger partial charge in [-0.15, -0.1) is 0 Å². The molecule has 0 bridgehead atoms. The zero-order chi connectivity index (χ0) is 51.1. The third kappa shape index (κ3) is 36.3. The predicted octanol–water partition coefficient (Wildman–Crippen LogP) is 12.3. The minimum Gasteiger partial charge on any atom is -0.394 e. The van der Waals surface area contributed by atoms with Crippen molar-refractivity contribution in [1.29, 1.82) is 0 Å². The molecule has 1 aliphatic heterocycles. The third-order valence-electron chi connectivity index (χ3n) is 14.1. The number of carbonyl (C=O) groups excluding carboxylic acids is 1. The lowest BCUT2D eigenvalue weighted by Crippen LogP contribution is -2.60. The first kappa shape index (κ1) is 66.3. The van der Waals surface area contributed by atoms with Crippen molar-refractivity contribution in [3.05, 3.63) is 36.5 Å². The lowest BCUT2D eigenvalue weighted by molar-refractivity contribution is -0.303. The molecule has 11 nitrogen and oxygen atoms in total. The van der Waals surface area contributed by atoms with E-state index in [9.17, 15) is 40.5 Å². The van der Waals surface area contributed by atoms with E-state index in [2.05, 4.69) is 55.6 Å².